The third kappa shape index (κ3) is 4.42. The first-order chi connectivity index (χ1) is 11.6. The highest BCUT2D eigenvalue weighted by Crippen LogP contribution is 2.24. The number of piperidine rings is 1. The van der Waals surface area contributed by atoms with E-state index in [2.05, 4.69) is 18.7 Å². The van der Waals surface area contributed by atoms with E-state index in [4.69, 9.17) is 0 Å². The Morgan fingerprint density at radius 2 is 1.52 bits per heavy atom. The first-order valence-electron chi connectivity index (χ1n) is 8.64. The van der Waals surface area contributed by atoms with E-state index in [0.29, 0.717) is 6.04 Å². The second-order valence-corrected chi connectivity index (χ2v) is 11.0. The van der Waals surface area contributed by atoms with Gasteiger partial charge in [0.1, 0.15) is 0 Å². The minimum atomic E-state index is -3.63. The Hall–Kier alpha value is -0.960. The molecule has 25 heavy (non-hydrogen) atoms. The molecule has 1 aromatic rings. The van der Waals surface area contributed by atoms with Gasteiger partial charge in [-0.05, 0) is 64.0 Å². The summed E-state index contributed by atoms with van der Waals surface area (Å²) >= 11 is 0. The van der Waals surface area contributed by atoms with Crippen LogP contribution >= 0.6 is 0 Å². The van der Waals surface area contributed by atoms with Crippen LogP contribution in [0.4, 0.5) is 0 Å². The zero-order valence-corrected chi connectivity index (χ0v) is 17.0. The SMILES string of the molecule is CCS(=O)(=O)c1ccc(S(=O)(=O)N(C)C2CCN(C(C)C)CC2)cc1. The van der Waals surface area contributed by atoms with Gasteiger partial charge in [0.25, 0.3) is 0 Å². The highest BCUT2D eigenvalue weighted by atomic mass is 32.2. The monoisotopic (exact) mass is 388 g/mol. The molecular formula is C17H28N2O4S2. The van der Waals surface area contributed by atoms with Crippen molar-refractivity contribution in [3.8, 4) is 0 Å². The molecule has 0 saturated carbocycles. The van der Waals surface area contributed by atoms with Crippen LogP contribution in [0.25, 0.3) is 0 Å². The Bertz CT molecular complexity index is 778. The first kappa shape index (κ1) is 20.4. The third-order valence-electron chi connectivity index (χ3n) is 4.98. The van der Waals surface area contributed by atoms with Gasteiger partial charge in [-0.15, -0.1) is 0 Å². The van der Waals surface area contributed by atoms with E-state index in [1.165, 1.54) is 28.6 Å². The van der Waals surface area contributed by atoms with Gasteiger partial charge in [-0.2, -0.15) is 4.31 Å². The molecule has 1 heterocycles. The highest BCUT2D eigenvalue weighted by Gasteiger charge is 2.31. The maximum absolute atomic E-state index is 12.8. The van der Waals surface area contributed by atoms with Gasteiger partial charge < -0.3 is 4.90 Å². The van der Waals surface area contributed by atoms with Crippen molar-refractivity contribution in [2.24, 2.45) is 0 Å². The summed E-state index contributed by atoms with van der Waals surface area (Å²) in [6.45, 7) is 7.63. The predicted octanol–water partition coefficient (Wildman–Crippen LogP) is 1.97. The van der Waals surface area contributed by atoms with Crippen LogP contribution in [0.3, 0.4) is 0 Å². The molecule has 0 spiro atoms. The van der Waals surface area contributed by atoms with Crippen LogP contribution in [0.2, 0.25) is 0 Å². The van der Waals surface area contributed by atoms with Crippen molar-refractivity contribution >= 4 is 19.9 Å². The van der Waals surface area contributed by atoms with Crippen molar-refractivity contribution in [3.05, 3.63) is 24.3 Å². The lowest BCUT2D eigenvalue weighted by molar-refractivity contribution is 0.140. The lowest BCUT2D eigenvalue weighted by atomic mass is 10.0. The minimum absolute atomic E-state index is 0.00652. The largest absolute Gasteiger partial charge is 0.301 e. The molecular weight excluding hydrogens is 360 g/mol. The Balaban J connectivity index is 2.16. The van der Waals surface area contributed by atoms with Crippen LogP contribution in [0.15, 0.2) is 34.1 Å². The molecule has 0 aliphatic carbocycles. The molecule has 1 saturated heterocycles. The van der Waals surface area contributed by atoms with Crippen molar-refractivity contribution < 1.29 is 16.8 Å². The normalized spacial score (nSPS) is 18.2. The molecule has 6 nitrogen and oxygen atoms in total. The number of hydrogen-bond donors (Lipinski definition) is 0. The molecule has 8 heteroatoms. The Morgan fingerprint density at radius 3 is 1.96 bits per heavy atom. The van der Waals surface area contributed by atoms with Crippen LogP contribution in [0, 0.1) is 0 Å². The summed E-state index contributed by atoms with van der Waals surface area (Å²) < 4.78 is 50.8. The fourth-order valence-electron chi connectivity index (χ4n) is 3.11. The molecule has 142 valence electrons. The topological polar surface area (TPSA) is 74.8 Å². The maximum atomic E-state index is 12.8. The van der Waals surface area contributed by atoms with Gasteiger partial charge in [0.2, 0.25) is 10.0 Å². The van der Waals surface area contributed by atoms with Crippen molar-refractivity contribution in [1.29, 1.82) is 0 Å². The van der Waals surface area contributed by atoms with Crippen LogP contribution < -0.4 is 0 Å². The third-order valence-corrected chi connectivity index (χ3v) is 8.66. The van der Waals surface area contributed by atoms with E-state index in [1.807, 2.05) is 0 Å². The number of rotatable bonds is 6. The molecule has 1 aliphatic rings. The zero-order valence-electron chi connectivity index (χ0n) is 15.3. The standard InChI is InChI=1S/C17H28N2O4S2/c1-5-24(20,21)16-6-8-17(9-7-16)25(22,23)18(4)15-10-12-19(13-11-15)14(2)3/h6-9,14-15H,5,10-13H2,1-4H3. The molecule has 2 rings (SSSR count). The molecule has 0 amide bonds. The summed E-state index contributed by atoms with van der Waals surface area (Å²) in [6, 6.07) is 5.96. The molecule has 1 fully saturated rings. The van der Waals surface area contributed by atoms with Crippen LogP contribution in [0.5, 0.6) is 0 Å². The number of benzene rings is 1. The molecule has 0 bridgehead atoms. The summed E-state index contributed by atoms with van der Waals surface area (Å²) in [5.74, 6) is -0.00652. The number of sulfone groups is 1. The van der Waals surface area contributed by atoms with Crippen molar-refractivity contribution in [2.75, 3.05) is 25.9 Å². The Labute approximate surface area is 151 Å². The van der Waals surface area contributed by atoms with E-state index in [-0.39, 0.29) is 21.6 Å². The predicted molar refractivity (Wildman–Crippen MR) is 98.8 cm³/mol. The number of sulfonamides is 1. The van der Waals surface area contributed by atoms with Gasteiger partial charge >= 0.3 is 0 Å². The Morgan fingerprint density at radius 1 is 1.04 bits per heavy atom. The van der Waals surface area contributed by atoms with Crippen LogP contribution in [-0.4, -0.2) is 64.0 Å². The number of likely N-dealkylation sites (tertiary alicyclic amines) is 1. The lowest BCUT2D eigenvalue weighted by Gasteiger charge is -2.37. The fourth-order valence-corrected chi connectivity index (χ4v) is 5.41. The van der Waals surface area contributed by atoms with Crippen molar-refractivity contribution in [3.63, 3.8) is 0 Å². The molecule has 0 atom stereocenters. The summed E-state index contributed by atoms with van der Waals surface area (Å²) in [5.41, 5.74) is 0. The van der Waals surface area contributed by atoms with Gasteiger partial charge in [0.05, 0.1) is 15.5 Å². The van der Waals surface area contributed by atoms with Gasteiger partial charge in [0, 0.05) is 19.1 Å². The van der Waals surface area contributed by atoms with E-state index in [9.17, 15) is 16.8 Å². The second-order valence-electron chi connectivity index (χ2n) is 6.76. The minimum Gasteiger partial charge on any atom is -0.301 e. The van der Waals surface area contributed by atoms with E-state index in [0.717, 1.165) is 25.9 Å². The van der Waals surface area contributed by atoms with Crippen molar-refractivity contribution in [2.45, 2.75) is 55.5 Å². The van der Waals surface area contributed by atoms with Gasteiger partial charge in [0.15, 0.2) is 9.84 Å². The summed E-state index contributed by atoms with van der Waals surface area (Å²) in [7, 11) is -5.34. The average Bonchev–Trinajstić information content (AvgIpc) is 2.61. The number of hydrogen-bond acceptors (Lipinski definition) is 5. The summed E-state index contributed by atoms with van der Waals surface area (Å²) in [6.07, 6.45) is 1.60. The molecule has 0 unspecified atom stereocenters. The fraction of sp³-hybridized carbons (Fsp3) is 0.647. The maximum Gasteiger partial charge on any atom is 0.243 e. The number of nitrogens with zero attached hydrogens (tertiary/aromatic N) is 2. The highest BCUT2D eigenvalue weighted by molar-refractivity contribution is 7.91. The van der Waals surface area contributed by atoms with Gasteiger partial charge in [-0.3, -0.25) is 0 Å². The van der Waals surface area contributed by atoms with E-state index >= 15 is 0 Å². The van der Waals surface area contributed by atoms with Crippen LogP contribution in [-0.2, 0) is 19.9 Å². The average molecular weight is 389 g/mol. The summed E-state index contributed by atoms with van der Waals surface area (Å²) in [4.78, 5) is 2.64. The quantitative estimate of drug-likeness (QED) is 0.745. The smallest absolute Gasteiger partial charge is 0.243 e. The van der Waals surface area contributed by atoms with Crippen LogP contribution in [0.1, 0.15) is 33.6 Å². The second kappa shape index (κ2) is 7.73. The van der Waals surface area contributed by atoms with E-state index < -0.39 is 19.9 Å². The Kier molecular flexibility index (Phi) is 6.30. The van der Waals surface area contributed by atoms with Gasteiger partial charge in [-0.25, -0.2) is 16.8 Å². The first-order valence-corrected chi connectivity index (χ1v) is 11.7. The van der Waals surface area contributed by atoms with Gasteiger partial charge in [-0.1, -0.05) is 6.92 Å². The summed E-state index contributed by atoms with van der Waals surface area (Å²) in [5, 5.41) is 0. The lowest BCUT2D eigenvalue weighted by Crippen LogP contribution is -2.47. The molecule has 1 aliphatic heterocycles. The van der Waals surface area contributed by atoms with E-state index in [1.54, 1.807) is 14.0 Å². The molecule has 0 aromatic heterocycles. The molecule has 0 N–H and O–H groups in total. The molecule has 0 radical (unpaired) electrons. The zero-order chi connectivity index (χ0) is 18.8. The van der Waals surface area contributed by atoms with Crippen molar-refractivity contribution in [1.82, 2.24) is 9.21 Å². The molecule has 1 aromatic carbocycles.